The maximum absolute atomic E-state index is 13.3. The Labute approximate surface area is 234 Å². The average molecular weight is 564 g/mol. The van der Waals surface area contributed by atoms with E-state index in [4.69, 9.17) is 28.3 Å². The van der Waals surface area contributed by atoms with Gasteiger partial charge in [-0.2, -0.15) is 0 Å². The fourth-order valence-electron chi connectivity index (χ4n) is 4.45. The van der Waals surface area contributed by atoms with Gasteiger partial charge in [0, 0.05) is 35.2 Å². The number of para-hydroxylation sites is 1. The van der Waals surface area contributed by atoms with Gasteiger partial charge in [0.05, 0.1) is 26.2 Å². The van der Waals surface area contributed by atoms with Gasteiger partial charge in [-0.25, -0.2) is 9.79 Å². The number of hydrogen-bond acceptors (Lipinski definition) is 4. The van der Waals surface area contributed by atoms with Crippen LogP contribution in [0.4, 0.5) is 5.69 Å². The molecule has 0 bridgehead atoms. The predicted octanol–water partition coefficient (Wildman–Crippen LogP) is 7.63. The summed E-state index contributed by atoms with van der Waals surface area (Å²) in [6.45, 7) is 5.02. The van der Waals surface area contributed by atoms with Crippen molar-refractivity contribution in [2.24, 2.45) is 4.99 Å². The van der Waals surface area contributed by atoms with E-state index >= 15 is 0 Å². The Kier molecular flexibility index (Phi) is 7.34. The van der Waals surface area contributed by atoms with Crippen molar-refractivity contribution in [2.45, 2.75) is 20.4 Å². The topological polar surface area (TPSA) is 74.9 Å². The van der Waals surface area contributed by atoms with E-state index in [1.165, 1.54) is 23.9 Å². The van der Waals surface area contributed by atoms with Gasteiger partial charge in [0.2, 0.25) is 0 Å². The van der Waals surface area contributed by atoms with E-state index in [1.807, 2.05) is 44.2 Å². The van der Waals surface area contributed by atoms with Crippen molar-refractivity contribution < 1.29 is 14.7 Å². The van der Waals surface area contributed by atoms with Gasteiger partial charge in [-0.05, 0) is 79.7 Å². The fourth-order valence-corrected chi connectivity index (χ4v) is 5.82. The number of aromatic carboxylic acids is 1. The molecule has 2 heterocycles. The van der Waals surface area contributed by atoms with Gasteiger partial charge in [0.1, 0.15) is 0 Å². The molecule has 0 aliphatic carbocycles. The Hall–Kier alpha value is -3.52. The van der Waals surface area contributed by atoms with Crippen molar-refractivity contribution in [3.63, 3.8) is 0 Å². The number of aromatic nitrogens is 1. The number of aliphatic imine (C=N–C) groups is 1. The van der Waals surface area contributed by atoms with Crippen LogP contribution < -0.4 is 0 Å². The molecule has 0 radical (unpaired) electrons. The van der Waals surface area contributed by atoms with Crippen LogP contribution in [-0.4, -0.2) is 38.2 Å². The number of carbonyl (C=O) groups is 2. The largest absolute Gasteiger partial charge is 0.478 e. The molecule has 0 spiro atoms. The molecule has 0 unspecified atom stereocenters. The summed E-state index contributed by atoms with van der Waals surface area (Å²) in [6.07, 6.45) is 1.94. The molecule has 5 rings (SSSR count). The summed E-state index contributed by atoms with van der Waals surface area (Å²) in [5.41, 5.74) is 4.84. The lowest BCUT2D eigenvalue weighted by atomic mass is 10.1. The number of carboxylic acids is 1. The van der Waals surface area contributed by atoms with Gasteiger partial charge in [0.15, 0.2) is 5.17 Å². The summed E-state index contributed by atoms with van der Waals surface area (Å²) in [6, 6.07) is 20.0. The number of carbonyl (C=O) groups excluding carboxylic acids is 1. The standard InChI is InChI=1S/C29H23Cl2N3O3S/c1-3-33-27(35)26(38-29(33)32-20-11-9-19(10-12-20)28(36)37)15-22-17(2)34(25-7-5-4-6-21(22)25)16-18-8-13-23(30)24(31)14-18/h4-15H,3,16H2,1-2H3,(H,36,37)/b26-15+,32-29?. The Morgan fingerprint density at radius 1 is 1.05 bits per heavy atom. The predicted molar refractivity (Wildman–Crippen MR) is 156 cm³/mol. The smallest absolute Gasteiger partial charge is 0.335 e. The molecular weight excluding hydrogens is 541 g/mol. The second-order valence-electron chi connectivity index (χ2n) is 8.76. The van der Waals surface area contributed by atoms with Crippen molar-refractivity contribution in [3.8, 4) is 0 Å². The van der Waals surface area contributed by atoms with Crippen LogP contribution >= 0.6 is 35.0 Å². The van der Waals surface area contributed by atoms with E-state index in [0.717, 1.165) is 27.7 Å². The first-order valence-corrected chi connectivity index (χ1v) is 13.5. The quantitative estimate of drug-likeness (QED) is 0.245. The summed E-state index contributed by atoms with van der Waals surface area (Å²) < 4.78 is 2.21. The van der Waals surface area contributed by atoms with E-state index in [1.54, 1.807) is 23.1 Å². The molecule has 9 heteroatoms. The third-order valence-corrected chi connectivity index (χ3v) is 8.17. The molecule has 1 aromatic heterocycles. The highest BCUT2D eigenvalue weighted by atomic mass is 35.5. The van der Waals surface area contributed by atoms with E-state index in [-0.39, 0.29) is 11.5 Å². The van der Waals surface area contributed by atoms with Crippen LogP contribution in [-0.2, 0) is 11.3 Å². The summed E-state index contributed by atoms with van der Waals surface area (Å²) in [4.78, 5) is 31.3. The molecule has 38 heavy (non-hydrogen) atoms. The van der Waals surface area contributed by atoms with Crippen LogP contribution in [0, 0.1) is 6.92 Å². The van der Waals surface area contributed by atoms with E-state index < -0.39 is 5.97 Å². The first kappa shape index (κ1) is 26.1. The summed E-state index contributed by atoms with van der Waals surface area (Å²) >= 11 is 13.7. The number of fused-ring (bicyclic) bond motifs is 1. The highest BCUT2D eigenvalue weighted by molar-refractivity contribution is 8.18. The zero-order valence-electron chi connectivity index (χ0n) is 20.6. The lowest BCUT2D eigenvalue weighted by Gasteiger charge is -2.12. The number of nitrogens with zero attached hydrogens (tertiary/aromatic N) is 3. The molecule has 0 atom stereocenters. The summed E-state index contributed by atoms with van der Waals surface area (Å²) in [5.74, 6) is -1.11. The van der Waals surface area contributed by atoms with Crippen LogP contribution in [0.15, 0.2) is 76.6 Å². The minimum atomic E-state index is -0.997. The molecule has 1 amide bonds. The van der Waals surface area contributed by atoms with Crippen molar-refractivity contribution in [3.05, 3.63) is 104 Å². The first-order chi connectivity index (χ1) is 18.3. The molecule has 192 valence electrons. The molecule has 0 saturated carbocycles. The zero-order valence-corrected chi connectivity index (χ0v) is 22.9. The summed E-state index contributed by atoms with van der Waals surface area (Å²) in [5, 5.41) is 11.8. The van der Waals surface area contributed by atoms with Gasteiger partial charge in [-0.15, -0.1) is 0 Å². The number of amidine groups is 1. The van der Waals surface area contributed by atoms with E-state index in [2.05, 4.69) is 21.7 Å². The monoisotopic (exact) mass is 563 g/mol. The molecule has 4 aromatic rings. The molecule has 1 N–H and O–H groups in total. The highest BCUT2D eigenvalue weighted by Gasteiger charge is 2.32. The molecule has 3 aromatic carbocycles. The number of halogens is 2. The van der Waals surface area contributed by atoms with Crippen molar-refractivity contribution in [1.29, 1.82) is 0 Å². The molecular formula is C29H23Cl2N3O3S. The van der Waals surface area contributed by atoms with Gasteiger partial charge >= 0.3 is 5.97 Å². The Bertz CT molecular complexity index is 1640. The van der Waals surface area contributed by atoms with Crippen LogP contribution in [0.2, 0.25) is 10.0 Å². The average Bonchev–Trinajstić information content (AvgIpc) is 3.34. The Morgan fingerprint density at radius 3 is 2.47 bits per heavy atom. The van der Waals surface area contributed by atoms with Crippen molar-refractivity contribution >= 4 is 74.7 Å². The number of amides is 1. The van der Waals surface area contributed by atoms with Crippen LogP contribution in [0.3, 0.4) is 0 Å². The lowest BCUT2D eigenvalue weighted by Crippen LogP contribution is -2.28. The minimum absolute atomic E-state index is 0.112. The van der Waals surface area contributed by atoms with Gasteiger partial charge in [-0.3, -0.25) is 9.69 Å². The zero-order chi connectivity index (χ0) is 27.0. The van der Waals surface area contributed by atoms with Crippen molar-refractivity contribution in [1.82, 2.24) is 9.47 Å². The third-order valence-electron chi connectivity index (χ3n) is 6.42. The van der Waals surface area contributed by atoms with Gasteiger partial charge in [0.25, 0.3) is 5.91 Å². The van der Waals surface area contributed by atoms with E-state index in [0.29, 0.717) is 38.9 Å². The summed E-state index contributed by atoms with van der Waals surface area (Å²) in [7, 11) is 0. The third kappa shape index (κ3) is 4.97. The maximum Gasteiger partial charge on any atom is 0.335 e. The Balaban J connectivity index is 1.53. The number of benzene rings is 3. The number of rotatable bonds is 6. The number of thioether (sulfide) groups is 1. The SMILES string of the molecule is CCN1C(=O)/C(=C\c2c(C)n(Cc3ccc(Cl)c(Cl)c3)c3ccccc23)SC1=Nc1ccc(C(=O)O)cc1. The van der Waals surface area contributed by atoms with Gasteiger partial charge < -0.3 is 9.67 Å². The second kappa shape index (κ2) is 10.7. The Morgan fingerprint density at radius 2 is 1.79 bits per heavy atom. The molecule has 1 aliphatic rings. The minimum Gasteiger partial charge on any atom is -0.478 e. The second-order valence-corrected chi connectivity index (χ2v) is 10.6. The molecule has 1 saturated heterocycles. The van der Waals surface area contributed by atoms with Gasteiger partial charge in [-0.1, -0.05) is 47.5 Å². The lowest BCUT2D eigenvalue weighted by molar-refractivity contribution is -0.122. The molecule has 1 aliphatic heterocycles. The van der Waals surface area contributed by atoms with Crippen LogP contribution in [0.25, 0.3) is 17.0 Å². The number of carboxylic acid groups (broad SMARTS) is 1. The maximum atomic E-state index is 13.3. The van der Waals surface area contributed by atoms with Crippen LogP contribution in [0.5, 0.6) is 0 Å². The molecule has 1 fully saturated rings. The normalized spacial score (nSPS) is 15.8. The van der Waals surface area contributed by atoms with Crippen LogP contribution in [0.1, 0.15) is 34.1 Å². The number of likely N-dealkylation sites (N-methyl/N-ethyl adjacent to an activating group) is 1. The molecule has 6 nitrogen and oxygen atoms in total. The first-order valence-electron chi connectivity index (χ1n) is 11.9. The van der Waals surface area contributed by atoms with Crippen molar-refractivity contribution in [2.75, 3.05) is 6.54 Å². The number of hydrogen-bond donors (Lipinski definition) is 1. The van der Waals surface area contributed by atoms with E-state index in [9.17, 15) is 9.59 Å². The highest BCUT2D eigenvalue weighted by Crippen LogP contribution is 2.37. The fraction of sp³-hybridized carbons (Fsp3) is 0.138.